The van der Waals surface area contributed by atoms with E-state index in [0.29, 0.717) is 37.8 Å². The number of ether oxygens (including phenoxy) is 1. The van der Waals surface area contributed by atoms with E-state index in [0.717, 1.165) is 6.07 Å². The van der Waals surface area contributed by atoms with Crippen molar-refractivity contribution in [3.8, 4) is 0 Å². The molecule has 25 heavy (non-hydrogen) atoms. The molecule has 1 aromatic heterocycles. The quantitative estimate of drug-likeness (QED) is 0.663. The molecule has 0 saturated carbocycles. The van der Waals surface area contributed by atoms with Crippen molar-refractivity contribution in [2.24, 2.45) is 0 Å². The van der Waals surface area contributed by atoms with Crippen molar-refractivity contribution >= 4 is 34.7 Å². The van der Waals surface area contributed by atoms with Gasteiger partial charge >= 0.3 is 0 Å². The number of non-ortho nitro benzene ring substituents is 1. The van der Waals surface area contributed by atoms with Crippen LogP contribution in [-0.2, 0) is 4.74 Å². The highest BCUT2D eigenvalue weighted by molar-refractivity contribution is 6.34. The maximum absolute atomic E-state index is 12.5. The molecule has 0 spiro atoms. The molecule has 2 aromatic rings. The number of rotatable bonds is 4. The van der Waals surface area contributed by atoms with Gasteiger partial charge in [0.25, 0.3) is 11.6 Å². The highest BCUT2D eigenvalue weighted by Gasteiger charge is 2.19. The van der Waals surface area contributed by atoms with Crippen LogP contribution in [-0.4, -0.2) is 42.1 Å². The van der Waals surface area contributed by atoms with Crippen molar-refractivity contribution in [2.45, 2.75) is 0 Å². The summed E-state index contributed by atoms with van der Waals surface area (Å²) in [4.78, 5) is 29.1. The fourth-order valence-corrected chi connectivity index (χ4v) is 2.77. The highest BCUT2D eigenvalue weighted by Crippen LogP contribution is 2.27. The predicted molar refractivity (Wildman–Crippen MR) is 93.3 cm³/mol. The molecular weight excluding hydrogens is 348 g/mol. The largest absolute Gasteiger partial charge is 0.378 e. The lowest BCUT2D eigenvalue weighted by molar-refractivity contribution is -0.384. The molecule has 130 valence electrons. The van der Waals surface area contributed by atoms with Crippen molar-refractivity contribution in [1.29, 1.82) is 0 Å². The molecule has 1 amide bonds. The first-order chi connectivity index (χ1) is 12.1. The molecule has 1 aromatic carbocycles. The number of hydrogen-bond donors (Lipinski definition) is 1. The third-order valence-electron chi connectivity index (χ3n) is 3.75. The summed E-state index contributed by atoms with van der Waals surface area (Å²) in [6.07, 6.45) is 1.65. The number of hydrogen-bond acceptors (Lipinski definition) is 6. The maximum atomic E-state index is 12.5. The Bertz CT molecular complexity index is 808. The number of halogens is 1. The van der Waals surface area contributed by atoms with Gasteiger partial charge in [0, 0.05) is 31.4 Å². The highest BCUT2D eigenvalue weighted by atomic mass is 35.5. The summed E-state index contributed by atoms with van der Waals surface area (Å²) in [5.41, 5.74) is 0.532. The van der Waals surface area contributed by atoms with Gasteiger partial charge in [0.15, 0.2) is 5.82 Å². The Morgan fingerprint density at radius 3 is 2.76 bits per heavy atom. The molecule has 0 aliphatic carbocycles. The fraction of sp³-hybridized carbons (Fsp3) is 0.250. The molecular formula is C16H15ClN4O4. The molecule has 0 bridgehead atoms. The van der Waals surface area contributed by atoms with E-state index in [-0.39, 0.29) is 16.3 Å². The average molecular weight is 363 g/mol. The van der Waals surface area contributed by atoms with E-state index in [4.69, 9.17) is 16.3 Å². The molecule has 0 unspecified atom stereocenters. The van der Waals surface area contributed by atoms with E-state index in [1.54, 1.807) is 18.3 Å². The van der Waals surface area contributed by atoms with Crippen LogP contribution in [0.3, 0.4) is 0 Å². The molecule has 1 fully saturated rings. The van der Waals surface area contributed by atoms with E-state index in [2.05, 4.69) is 10.3 Å². The average Bonchev–Trinajstić information content (AvgIpc) is 2.62. The molecule has 1 aliphatic heterocycles. The molecule has 1 N–H and O–H groups in total. The molecule has 0 atom stereocenters. The Morgan fingerprint density at radius 1 is 1.32 bits per heavy atom. The number of benzene rings is 1. The summed E-state index contributed by atoms with van der Waals surface area (Å²) >= 11 is 6.02. The number of carbonyl (C=O) groups is 1. The van der Waals surface area contributed by atoms with Gasteiger partial charge in [0.05, 0.1) is 34.4 Å². The summed E-state index contributed by atoms with van der Waals surface area (Å²) in [5, 5.41) is 13.6. The lowest BCUT2D eigenvalue weighted by Gasteiger charge is -2.29. The Hall–Kier alpha value is -2.71. The number of carbonyl (C=O) groups excluding carboxylic acids is 1. The van der Waals surface area contributed by atoms with Gasteiger partial charge in [-0.1, -0.05) is 11.6 Å². The number of aromatic nitrogens is 1. The standard InChI is InChI=1S/C16H15ClN4O4/c17-13-10-11(21(23)24)3-4-12(13)16(22)19-14-2-1-5-18-15(14)20-6-8-25-9-7-20/h1-5,10H,6-9H2,(H,19,22). The number of nitro groups is 1. The SMILES string of the molecule is O=C(Nc1cccnc1N1CCOCC1)c1ccc([N+](=O)[O-])cc1Cl. The zero-order valence-corrected chi connectivity index (χ0v) is 13.9. The van der Waals surface area contributed by atoms with Crippen LogP contribution >= 0.6 is 11.6 Å². The minimum atomic E-state index is -0.564. The molecule has 2 heterocycles. The first-order valence-electron chi connectivity index (χ1n) is 7.59. The van der Waals surface area contributed by atoms with Crippen molar-refractivity contribution in [2.75, 3.05) is 36.5 Å². The summed E-state index contributed by atoms with van der Waals surface area (Å²) in [6, 6.07) is 7.20. The van der Waals surface area contributed by atoms with Gasteiger partial charge in [0.1, 0.15) is 0 Å². The number of nitro benzene ring substituents is 1. The normalized spacial score (nSPS) is 14.2. The van der Waals surface area contributed by atoms with Gasteiger partial charge in [-0.15, -0.1) is 0 Å². The minimum absolute atomic E-state index is 0.0171. The van der Waals surface area contributed by atoms with E-state index in [9.17, 15) is 14.9 Å². The lowest BCUT2D eigenvalue weighted by Crippen LogP contribution is -2.37. The van der Waals surface area contributed by atoms with Gasteiger partial charge in [-0.2, -0.15) is 0 Å². The summed E-state index contributed by atoms with van der Waals surface area (Å²) in [7, 11) is 0. The molecule has 1 aliphatic rings. The molecule has 0 radical (unpaired) electrons. The van der Waals surface area contributed by atoms with Crippen LogP contribution < -0.4 is 10.2 Å². The molecule has 8 nitrogen and oxygen atoms in total. The first-order valence-corrected chi connectivity index (χ1v) is 7.97. The van der Waals surface area contributed by atoms with Crippen molar-refractivity contribution in [3.05, 3.63) is 57.2 Å². The Kier molecular flexibility index (Phi) is 5.11. The van der Waals surface area contributed by atoms with E-state index >= 15 is 0 Å². The van der Waals surface area contributed by atoms with Crippen molar-refractivity contribution in [1.82, 2.24) is 4.98 Å². The van der Waals surface area contributed by atoms with Crippen molar-refractivity contribution < 1.29 is 14.5 Å². The van der Waals surface area contributed by atoms with E-state index < -0.39 is 10.8 Å². The van der Waals surface area contributed by atoms with E-state index in [1.807, 2.05) is 4.90 Å². The van der Waals surface area contributed by atoms with Gasteiger partial charge < -0.3 is 15.0 Å². The van der Waals surface area contributed by atoms with E-state index in [1.165, 1.54) is 12.1 Å². The van der Waals surface area contributed by atoms with Crippen molar-refractivity contribution in [3.63, 3.8) is 0 Å². The van der Waals surface area contributed by atoms with Crippen LogP contribution in [0.15, 0.2) is 36.5 Å². The van der Waals surface area contributed by atoms with Gasteiger partial charge in [-0.25, -0.2) is 4.98 Å². The summed E-state index contributed by atoms with van der Waals surface area (Å²) < 4.78 is 5.33. The first kappa shape index (κ1) is 17.1. The van der Waals surface area contributed by atoms with Gasteiger partial charge in [-0.3, -0.25) is 14.9 Å². The van der Waals surface area contributed by atoms with Gasteiger partial charge in [-0.05, 0) is 18.2 Å². The Morgan fingerprint density at radius 2 is 2.08 bits per heavy atom. The van der Waals surface area contributed by atoms with Gasteiger partial charge in [0.2, 0.25) is 0 Å². The van der Waals surface area contributed by atoms with Crippen LogP contribution in [0.4, 0.5) is 17.2 Å². The van der Waals surface area contributed by atoms with Crippen LogP contribution in [0.5, 0.6) is 0 Å². The number of nitrogens with one attached hydrogen (secondary N) is 1. The lowest BCUT2D eigenvalue weighted by atomic mass is 10.2. The summed E-state index contributed by atoms with van der Waals surface area (Å²) in [5.74, 6) is 0.194. The zero-order valence-electron chi connectivity index (χ0n) is 13.1. The van der Waals surface area contributed by atoms with Crippen LogP contribution in [0, 0.1) is 10.1 Å². The molecule has 3 rings (SSSR count). The predicted octanol–water partition coefficient (Wildman–Crippen LogP) is 2.73. The third-order valence-corrected chi connectivity index (χ3v) is 4.07. The minimum Gasteiger partial charge on any atom is -0.378 e. The van der Waals surface area contributed by atoms with Crippen LogP contribution in [0.1, 0.15) is 10.4 Å². The Balaban J connectivity index is 1.83. The number of morpholine rings is 1. The second-order valence-electron chi connectivity index (χ2n) is 5.35. The summed E-state index contributed by atoms with van der Waals surface area (Å²) in [6.45, 7) is 2.55. The zero-order chi connectivity index (χ0) is 17.8. The number of nitrogens with zero attached hydrogens (tertiary/aromatic N) is 3. The molecule has 9 heteroatoms. The third kappa shape index (κ3) is 3.86. The number of amides is 1. The Labute approximate surface area is 148 Å². The van der Waals surface area contributed by atoms with Crippen LogP contribution in [0.2, 0.25) is 5.02 Å². The fourth-order valence-electron chi connectivity index (χ4n) is 2.51. The molecule has 1 saturated heterocycles. The monoisotopic (exact) mass is 362 g/mol. The van der Waals surface area contributed by atoms with Crippen LogP contribution in [0.25, 0.3) is 0 Å². The number of anilines is 2. The maximum Gasteiger partial charge on any atom is 0.270 e. The second-order valence-corrected chi connectivity index (χ2v) is 5.76. The topological polar surface area (TPSA) is 97.6 Å². The number of pyridine rings is 1. The smallest absolute Gasteiger partial charge is 0.270 e. The second kappa shape index (κ2) is 7.45.